The Morgan fingerprint density at radius 1 is 1.50 bits per heavy atom. The first-order chi connectivity index (χ1) is 6.78. The fraction of sp³-hybridized carbons (Fsp3) is 0.909. The SMILES string of the molecule is CCC1CSC(NC2(CC)CCC2)=N1. The van der Waals surface area contributed by atoms with Gasteiger partial charge in [0.05, 0.1) is 6.04 Å². The number of thioether (sulfide) groups is 1. The second kappa shape index (κ2) is 4.13. The maximum absolute atomic E-state index is 4.69. The summed E-state index contributed by atoms with van der Waals surface area (Å²) >= 11 is 1.91. The highest BCUT2D eigenvalue weighted by atomic mass is 32.2. The van der Waals surface area contributed by atoms with E-state index < -0.39 is 0 Å². The van der Waals surface area contributed by atoms with Crippen LogP contribution in [0.5, 0.6) is 0 Å². The number of rotatable bonds is 3. The van der Waals surface area contributed by atoms with Gasteiger partial charge in [0.15, 0.2) is 5.17 Å². The summed E-state index contributed by atoms with van der Waals surface area (Å²) in [6.45, 7) is 4.50. The predicted molar refractivity (Wildman–Crippen MR) is 64.0 cm³/mol. The molecule has 1 saturated carbocycles. The molecule has 2 rings (SSSR count). The largest absolute Gasteiger partial charge is 0.359 e. The molecule has 0 aromatic rings. The van der Waals surface area contributed by atoms with Crippen LogP contribution in [0.2, 0.25) is 0 Å². The highest BCUT2D eigenvalue weighted by Crippen LogP contribution is 2.36. The topological polar surface area (TPSA) is 24.4 Å². The van der Waals surface area contributed by atoms with Crippen LogP contribution >= 0.6 is 11.8 Å². The van der Waals surface area contributed by atoms with E-state index in [9.17, 15) is 0 Å². The van der Waals surface area contributed by atoms with E-state index in [-0.39, 0.29) is 0 Å². The van der Waals surface area contributed by atoms with Crippen LogP contribution in [0.15, 0.2) is 4.99 Å². The molecule has 0 bridgehead atoms. The Hall–Kier alpha value is -0.180. The van der Waals surface area contributed by atoms with Gasteiger partial charge in [0.25, 0.3) is 0 Å². The zero-order chi connectivity index (χ0) is 10.0. The normalized spacial score (nSPS) is 29.6. The lowest BCUT2D eigenvalue weighted by Crippen LogP contribution is -2.52. The Kier molecular flexibility index (Phi) is 3.05. The van der Waals surface area contributed by atoms with Gasteiger partial charge in [-0.25, -0.2) is 0 Å². The van der Waals surface area contributed by atoms with Crippen molar-refractivity contribution in [1.29, 1.82) is 0 Å². The van der Waals surface area contributed by atoms with Gasteiger partial charge in [0, 0.05) is 11.3 Å². The van der Waals surface area contributed by atoms with E-state index in [0.29, 0.717) is 11.6 Å². The minimum absolute atomic E-state index is 0.411. The monoisotopic (exact) mass is 212 g/mol. The maximum Gasteiger partial charge on any atom is 0.157 e. The molecule has 0 spiro atoms. The Labute approximate surface area is 90.9 Å². The summed E-state index contributed by atoms with van der Waals surface area (Å²) in [7, 11) is 0. The average Bonchev–Trinajstić information content (AvgIpc) is 2.59. The van der Waals surface area contributed by atoms with Crippen molar-refractivity contribution in [3.63, 3.8) is 0 Å². The first-order valence-electron chi connectivity index (χ1n) is 5.77. The first kappa shape index (κ1) is 10.3. The van der Waals surface area contributed by atoms with Crippen molar-refractivity contribution in [3.8, 4) is 0 Å². The second-order valence-corrected chi connectivity index (χ2v) is 5.43. The van der Waals surface area contributed by atoms with Gasteiger partial charge >= 0.3 is 0 Å². The number of hydrogen-bond acceptors (Lipinski definition) is 3. The molecular formula is C11H20N2S. The summed E-state index contributed by atoms with van der Waals surface area (Å²) < 4.78 is 0. The van der Waals surface area contributed by atoms with Gasteiger partial charge in [-0.1, -0.05) is 25.6 Å². The fourth-order valence-electron chi connectivity index (χ4n) is 2.09. The summed E-state index contributed by atoms with van der Waals surface area (Å²) in [5, 5.41) is 4.86. The van der Waals surface area contributed by atoms with Crippen LogP contribution in [-0.2, 0) is 0 Å². The van der Waals surface area contributed by atoms with Crippen molar-refractivity contribution in [2.75, 3.05) is 5.75 Å². The first-order valence-corrected chi connectivity index (χ1v) is 6.75. The standard InChI is InChI=1S/C11H20N2S/c1-3-9-8-14-10(12-9)13-11(4-2)6-5-7-11/h9H,3-8H2,1-2H3,(H,12,13). The molecule has 1 fully saturated rings. The van der Waals surface area contributed by atoms with Gasteiger partial charge in [-0.2, -0.15) is 0 Å². The molecule has 2 aliphatic rings. The van der Waals surface area contributed by atoms with E-state index >= 15 is 0 Å². The van der Waals surface area contributed by atoms with E-state index in [0.717, 1.165) is 0 Å². The van der Waals surface area contributed by atoms with Crippen molar-refractivity contribution in [2.45, 2.75) is 57.5 Å². The van der Waals surface area contributed by atoms with Crippen LogP contribution in [0.3, 0.4) is 0 Å². The van der Waals surface area contributed by atoms with Gasteiger partial charge in [-0.05, 0) is 32.1 Å². The van der Waals surface area contributed by atoms with E-state index in [1.165, 1.54) is 43.0 Å². The Balaban J connectivity index is 1.91. The van der Waals surface area contributed by atoms with Crippen LogP contribution in [0.4, 0.5) is 0 Å². The van der Waals surface area contributed by atoms with Crippen LogP contribution in [0, 0.1) is 0 Å². The van der Waals surface area contributed by atoms with Gasteiger partial charge < -0.3 is 5.32 Å². The summed E-state index contributed by atoms with van der Waals surface area (Å²) in [4.78, 5) is 4.69. The highest BCUT2D eigenvalue weighted by Gasteiger charge is 2.36. The molecule has 1 N–H and O–H groups in total. The minimum Gasteiger partial charge on any atom is -0.359 e. The molecule has 1 aliphatic carbocycles. The second-order valence-electron chi connectivity index (χ2n) is 4.42. The summed E-state index contributed by atoms with van der Waals surface area (Å²) in [6.07, 6.45) is 6.47. The molecule has 1 atom stereocenters. The summed E-state index contributed by atoms with van der Waals surface area (Å²) in [5.41, 5.74) is 0.411. The van der Waals surface area contributed by atoms with Crippen molar-refractivity contribution < 1.29 is 0 Å². The van der Waals surface area contributed by atoms with Gasteiger partial charge in [0.2, 0.25) is 0 Å². The molecule has 0 amide bonds. The number of hydrogen-bond donors (Lipinski definition) is 1. The molecule has 1 unspecified atom stereocenters. The lowest BCUT2D eigenvalue weighted by molar-refractivity contribution is 0.211. The molecule has 1 aliphatic heterocycles. The fourth-order valence-corrected chi connectivity index (χ4v) is 3.26. The lowest BCUT2D eigenvalue weighted by Gasteiger charge is -2.42. The zero-order valence-electron chi connectivity index (χ0n) is 9.18. The van der Waals surface area contributed by atoms with Crippen molar-refractivity contribution in [1.82, 2.24) is 5.32 Å². The number of amidine groups is 1. The Bertz CT molecular complexity index is 228. The molecule has 3 heteroatoms. The average molecular weight is 212 g/mol. The number of nitrogens with one attached hydrogen (secondary N) is 1. The molecule has 0 saturated heterocycles. The van der Waals surface area contributed by atoms with E-state index in [1.807, 2.05) is 11.8 Å². The van der Waals surface area contributed by atoms with E-state index in [4.69, 9.17) is 0 Å². The van der Waals surface area contributed by atoms with E-state index in [1.54, 1.807) is 0 Å². The van der Waals surface area contributed by atoms with Crippen molar-refractivity contribution in [2.24, 2.45) is 4.99 Å². The Morgan fingerprint density at radius 2 is 2.29 bits per heavy atom. The van der Waals surface area contributed by atoms with Crippen LogP contribution in [0.1, 0.15) is 46.0 Å². The predicted octanol–water partition coefficient (Wildman–Crippen LogP) is 2.79. The quantitative estimate of drug-likeness (QED) is 0.778. The molecular weight excluding hydrogens is 192 g/mol. The zero-order valence-corrected chi connectivity index (χ0v) is 9.99. The Morgan fingerprint density at radius 3 is 2.71 bits per heavy atom. The summed E-state index contributed by atoms with van der Waals surface area (Å²) in [5.74, 6) is 1.18. The van der Waals surface area contributed by atoms with Crippen molar-refractivity contribution >= 4 is 16.9 Å². The molecule has 1 heterocycles. The van der Waals surface area contributed by atoms with Gasteiger partial charge in [-0.15, -0.1) is 0 Å². The smallest absolute Gasteiger partial charge is 0.157 e. The third-order valence-corrected chi connectivity index (χ3v) is 4.58. The van der Waals surface area contributed by atoms with Gasteiger partial charge in [-0.3, -0.25) is 4.99 Å². The molecule has 14 heavy (non-hydrogen) atoms. The minimum atomic E-state index is 0.411. The molecule has 2 nitrogen and oxygen atoms in total. The number of aliphatic imine (C=N–C) groups is 1. The van der Waals surface area contributed by atoms with E-state index in [2.05, 4.69) is 24.2 Å². The molecule has 80 valence electrons. The molecule has 0 radical (unpaired) electrons. The van der Waals surface area contributed by atoms with Crippen LogP contribution in [0.25, 0.3) is 0 Å². The summed E-state index contributed by atoms with van der Waals surface area (Å²) in [6, 6.07) is 0.566. The van der Waals surface area contributed by atoms with Gasteiger partial charge in [0.1, 0.15) is 0 Å². The third kappa shape index (κ3) is 1.92. The molecule has 0 aromatic carbocycles. The van der Waals surface area contributed by atoms with Crippen molar-refractivity contribution in [3.05, 3.63) is 0 Å². The third-order valence-electron chi connectivity index (χ3n) is 3.54. The number of nitrogens with zero attached hydrogens (tertiary/aromatic N) is 1. The molecule has 0 aromatic heterocycles. The highest BCUT2D eigenvalue weighted by molar-refractivity contribution is 8.14. The van der Waals surface area contributed by atoms with Crippen LogP contribution in [-0.4, -0.2) is 22.5 Å². The maximum atomic E-state index is 4.69. The lowest BCUT2D eigenvalue weighted by atomic mass is 9.75. The van der Waals surface area contributed by atoms with Crippen LogP contribution < -0.4 is 5.32 Å².